The maximum atomic E-state index is 13.2. The van der Waals surface area contributed by atoms with Crippen molar-refractivity contribution in [3.8, 4) is 11.5 Å². The van der Waals surface area contributed by atoms with E-state index in [9.17, 15) is 13.2 Å². The van der Waals surface area contributed by atoms with Gasteiger partial charge in [-0.05, 0) is 90.9 Å². The van der Waals surface area contributed by atoms with Crippen molar-refractivity contribution in [3.63, 3.8) is 0 Å². The van der Waals surface area contributed by atoms with Gasteiger partial charge in [0.1, 0.15) is 0 Å². The summed E-state index contributed by atoms with van der Waals surface area (Å²) in [5.74, 6) is 0.719. The molecule has 0 saturated heterocycles. The molecule has 5 rings (SSSR count). The number of benzene rings is 3. The van der Waals surface area contributed by atoms with Gasteiger partial charge in [-0.15, -0.1) is 0 Å². The van der Waals surface area contributed by atoms with E-state index in [1.54, 1.807) is 31.4 Å². The highest BCUT2D eigenvalue weighted by atomic mass is 32.2. The number of allylic oxidation sites excluding steroid dienone is 2. The number of carbonyl (C=O) groups is 1. The fourth-order valence-electron chi connectivity index (χ4n) is 5.21. The van der Waals surface area contributed by atoms with Crippen LogP contribution in [0, 0.1) is 19.8 Å². The monoisotopic (exact) mass is 518 g/mol. The second-order valence-corrected chi connectivity index (χ2v) is 11.3. The first-order valence-electron chi connectivity index (χ1n) is 12.2. The number of hydrogen-bond donors (Lipinski definition) is 2. The van der Waals surface area contributed by atoms with E-state index in [1.165, 1.54) is 6.92 Å². The molecule has 0 spiro atoms. The lowest BCUT2D eigenvalue weighted by molar-refractivity contribution is -0.132. The van der Waals surface area contributed by atoms with Crippen molar-refractivity contribution in [2.24, 2.45) is 5.92 Å². The van der Waals surface area contributed by atoms with Crippen LogP contribution in [0.3, 0.4) is 0 Å². The molecule has 192 valence electrons. The number of aryl methyl sites for hydroxylation is 2. The van der Waals surface area contributed by atoms with Gasteiger partial charge in [0.05, 0.1) is 18.0 Å². The van der Waals surface area contributed by atoms with E-state index in [2.05, 4.69) is 22.2 Å². The van der Waals surface area contributed by atoms with E-state index in [1.807, 2.05) is 44.2 Å². The summed E-state index contributed by atoms with van der Waals surface area (Å²) in [5, 5.41) is 3.62. The number of sulfonamides is 1. The molecule has 3 unspecified atom stereocenters. The number of esters is 1. The molecule has 1 aliphatic heterocycles. The van der Waals surface area contributed by atoms with E-state index >= 15 is 0 Å². The van der Waals surface area contributed by atoms with E-state index < -0.39 is 16.0 Å². The Morgan fingerprint density at radius 3 is 2.54 bits per heavy atom. The minimum Gasteiger partial charge on any atom is -0.493 e. The third kappa shape index (κ3) is 4.81. The lowest BCUT2D eigenvalue weighted by Crippen LogP contribution is -2.29. The third-order valence-electron chi connectivity index (χ3n) is 7.20. The summed E-state index contributed by atoms with van der Waals surface area (Å²) in [5.41, 5.74) is 5.54. The number of hydrogen-bond acceptors (Lipinski definition) is 6. The number of anilines is 2. The Labute approximate surface area is 217 Å². The molecule has 7 nitrogen and oxygen atoms in total. The zero-order chi connectivity index (χ0) is 26.3. The van der Waals surface area contributed by atoms with Gasteiger partial charge in [-0.2, -0.15) is 0 Å². The second kappa shape index (κ2) is 9.59. The molecule has 0 aromatic heterocycles. The highest BCUT2D eigenvalue weighted by molar-refractivity contribution is 7.92. The van der Waals surface area contributed by atoms with Gasteiger partial charge in [-0.25, -0.2) is 8.42 Å². The first-order chi connectivity index (χ1) is 17.7. The van der Waals surface area contributed by atoms with Crippen LogP contribution in [0.15, 0.2) is 71.6 Å². The average Bonchev–Trinajstić information content (AvgIpc) is 3.36. The molecule has 8 heteroatoms. The molecule has 0 fully saturated rings. The van der Waals surface area contributed by atoms with Gasteiger partial charge in [0.25, 0.3) is 10.0 Å². The van der Waals surface area contributed by atoms with Crippen LogP contribution in [0.2, 0.25) is 0 Å². The van der Waals surface area contributed by atoms with Crippen LogP contribution >= 0.6 is 0 Å². The lowest BCUT2D eigenvalue weighted by atomic mass is 9.77. The Balaban J connectivity index is 1.46. The van der Waals surface area contributed by atoms with Crippen molar-refractivity contribution in [1.29, 1.82) is 0 Å². The van der Waals surface area contributed by atoms with Crippen LogP contribution in [0.1, 0.15) is 47.6 Å². The van der Waals surface area contributed by atoms with Gasteiger partial charge >= 0.3 is 5.97 Å². The van der Waals surface area contributed by atoms with Crippen LogP contribution in [-0.2, 0) is 14.8 Å². The molecule has 37 heavy (non-hydrogen) atoms. The molecule has 1 heterocycles. The minimum atomic E-state index is -3.75. The topological polar surface area (TPSA) is 93.7 Å². The predicted molar refractivity (Wildman–Crippen MR) is 144 cm³/mol. The quantitative estimate of drug-likeness (QED) is 0.241. The Morgan fingerprint density at radius 2 is 1.81 bits per heavy atom. The molecule has 2 N–H and O–H groups in total. The smallest absolute Gasteiger partial charge is 0.308 e. The number of methoxy groups -OCH3 is 1. The van der Waals surface area contributed by atoms with Gasteiger partial charge in [0.2, 0.25) is 0 Å². The third-order valence-corrected chi connectivity index (χ3v) is 8.58. The molecular formula is C29H30N2O5S. The standard InChI is InChI=1S/C29H30N2O5S/c1-17-8-10-21(14-18(17)2)31-37(33,34)22-11-12-26-25(16-22)23-6-5-7-24(23)29(30-26)20-9-13-27(36-19(3)32)28(15-20)35-4/h5-6,8-16,23-24,29-31H,7H2,1-4H3. The molecule has 1 aliphatic carbocycles. The molecule has 0 radical (unpaired) electrons. The highest BCUT2D eigenvalue weighted by Gasteiger charge is 2.38. The molecule has 3 aromatic rings. The fraction of sp³-hybridized carbons (Fsp3) is 0.276. The van der Waals surface area contributed by atoms with Crippen molar-refractivity contribution in [1.82, 2.24) is 0 Å². The Bertz CT molecular complexity index is 1510. The molecule has 3 atom stereocenters. The summed E-state index contributed by atoms with van der Waals surface area (Å²) in [6.07, 6.45) is 5.17. The number of rotatable bonds is 6. The molecular weight excluding hydrogens is 488 g/mol. The molecule has 0 amide bonds. The Hall–Kier alpha value is -3.78. The minimum absolute atomic E-state index is 0.0242. The molecule has 0 bridgehead atoms. The van der Waals surface area contributed by atoms with E-state index in [0.29, 0.717) is 17.2 Å². The van der Waals surface area contributed by atoms with Crippen LogP contribution < -0.4 is 19.5 Å². The van der Waals surface area contributed by atoms with Gasteiger partial charge < -0.3 is 14.8 Å². The van der Waals surface area contributed by atoms with Gasteiger partial charge in [-0.3, -0.25) is 9.52 Å². The number of nitrogens with one attached hydrogen (secondary N) is 2. The van der Waals surface area contributed by atoms with Crippen molar-refractivity contribution in [3.05, 3.63) is 89.0 Å². The summed E-state index contributed by atoms with van der Waals surface area (Å²) >= 11 is 0. The van der Waals surface area contributed by atoms with E-state index in [0.717, 1.165) is 34.4 Å². The van der Waals surface area contributed by atoms with Gasteiger partial charge in [-0.1, -0.05) is 24.3 Å². The molecule has 0 saturated carbocycles. The van der Waals surface area contributed by atoms with Crippen LogP contribution in [0.25, 0.3) is 0 Å². The maximum Gasteiger partial charge on any atom is 0.308 e. The summed E-state index contributed by atoms with van der Waals surface area (Å²) in [4.78, 5) is 11.7. The molecule has 3 aromatic carbocycles. The summed E-state index contributed by atoms with van der Waals surface area (Å²) in [6.45, 7) is 5.31. The lowest BCUT2D eigenvalue weighted by Gasteiger charge is -2.38. The number of fused-ring (bicyclic) bond motifs is 3. The Morgan fingerprint density at radius 1 is 1.00 bits per heavy atom. The van der Waals surface area contributed by atoms with Gasteiger partial charge in [0.15, 0.2) is 11.5 Å². The second-order valence-electron chi connectivity index (χ2n) is 9.63. The predicted octanol–water partition coefficient (Wildman–Crippen LogP) is 5.86. The SMILES string of the molecule is COc1cc(C2Nc3ccc(S(=O)(=O)Nc4ccc(C)c(C)c4)cc3C3C=CCC32)ccc1OC(C)=O. The number of carbonyl (C=O) groups excluding carboxylic acids is 1. The first-order valence-corrected chi connectivity index (χ1v) is 13.7. The Kier molecular flexibility index (Phi) is 6.45. The summed E-state index contributed by atoms with van der Waals surface area (Å²) in [7, 11) is -2.21. The maximum absolute atomic E-state index is 13.2. The fourth-order valence-corrected chi connectivity index (χ4v) is 6.29. The average molecular weight is 519 g/mol. The highest BCUT2D eigenvalue weighted by Crippen LogP contribution is 2.51. The summed E-state index contributed by atoms with van der Waals surface area (Å²) < 4.78 is 39.9. The van der Waals surface area contributed by atoms with Crippen molar-refractivity contribution in [2.45, 2.75) is 44.0 Å². The normalized spacial score (nSPS) is 19.9. The zero-order valence-electron chi connectivity index (χ0n) is 21.2. The summed E-state index contributed by atoms with van der Waals surface area (Å²) in [6, 6.07) is 16.3. The van der Waals surface area contributed by atoms with Crippen molar-refractivity contribution >= 4 is 27.4 Å². The zero-order valence-corrected chi connectivity index (χ0v) is 22.1. The largest absolute Gasteiger partial charge is 0.493 e. The van der Waals surface area contributed by atoms with E-state index in [-0.39, 0.29) is 22.8 Å². The van der Waals surface area contributed by atoms with Crippen molar-refractivity contribution < 1.29 is 22.7 Å². The first kappa shape index (κ1) is 24.9. The van der Waals surface area contributed by atoms with E-state index in [4.69, 9.17) is 9.47 Å². The number of ether oxygens (including phenoxy) is 2. The van der Waals surface area contributed by atoms with Gasteiger partial charge in [0, 0.05) is 24.2 Å². The van der Waals surface area contributed by atoms with Crippen LogP contribution in [0.4, 0.5) is 11.4 Å². The molecule has 2 aliphatic rings. The van der Waals surface area contributed by atoms with Crippen LogP contribution in [0.5, 0.6) is 11.5 Å². The van der Waals surface area contributed by atoms with Crippen molar-refractivity contribution in [2.75, 3.05) is 17.1 Å². The van der Waals surface area contributed by atoms with Crippen LogP contribution in [-0.4, -0.2) is 21.5 Å².